The van der Waals surface area contributed by atoms with Gasteiger partial charge < -0.3 is 0 Å². The van der Waals surface area contributed by atoms with E-state index in [1.165, 1.54) is 46.6 Å². The molecule has 2 aromatic heterocycles. The fourth-order valence-corrected chi connectivity index (χ4v) is 3.69. The molecule has 0 saturated heterocycles. The zero-order valence-corrected chi connectivity index (χ0v) is 14.9. The highest BCUT2D eigenvalue weighted by Gasteiger charge is 2.22. The van der Waals surface area contributed by atoms with E-state index in [1.807, 2.05) is 0 Å². The topological polar surface area (TPSA) is 51.0 Å². The summed E-state index contributed by atoms with van der Waals surface area (Å²) < 4.78 is 29.6. The van der Waals surface area contributed by atoms with E-state index in [0.717, 1.165) is 0 Å². The number of nitrogens with zero attached hydrogens (tertiary/aromatic N) is 4. The van der Waals surface area contributed by atoms with Crippen molar-refractivity contribution in [2.24, 2.45) is 0 Å². The summed E-state index contributed by atoms with van der Waals surface area (Å²) in [5.74, 6) is -1.19. The van der Waals surface area contributed by atoms with Gasteiger partial charge in [-0.1, -0.05) is 17.4 Å². The first-order valence-corrected chi connectivity index (χ1v) is 9.03. The molecule has 0 unspecified atom stereocenters. The first-order valence-electron chi connectivity index (χ1n) is 8.22. The van der Waals surface area contributed by atoms with Crippen molar-refractivity contribution >= 4 is 32.6 Å². The van der Waals surface area contributed by atoms with Gasteiger partial charge >= 0.3 is 0 Å². The van der Waals surface area contributed by atoms with Crippen LogP contribution in [0.5, 0.6) is 0 Å². The number of carbonyl (C=O) groups is 1. The highest BCUT2D eigenvalue weighted by molar-refractivity contribution is 7.22. The second kappa shape index (κ2) is 7.24. The Morgan fingerprint density at radius 1 is 1.11 bits per heavy atom. The van der Waals surface area contributed by atoms with Gasteiger partial charge in [0.1, 0.15) is 17.2 Å². The summed E-state index contributed by atoms with van der Waals surface area (Å²) >= 11 is 1.23. The van der Waals surface area contributed by atoms with E-state index in [1.54, 1.807) is 35.3 Å². The predicted octanol–water partition coefficient (Wildman–Crippen LogP) is 4.12. The zero-order valence-electron chi connectivity index (χ0n) is 14.0. The quantitative estimate of drug-likeness (QED) is 0.520. The first kappa shape index (κ1) is 17.3. The van der Waals surface area contributed by atoms with Gasteiger partial charge in [-0.25, -0.2) is 13.8 Å². The van der Waals surface area contributed by atoms with Crippen LogP contribution in [0.4, 0.5) is 13.9 Å². The lowest BCUT2D eigenvalue weighted by molar-refractivity contribution is 0.0985. The van der Waals surface area contributed by atoms with Crippen LogP contribution >= 0.6 is 11.3 Å². The van der Waals surface area contributed by atoms with Crippen molar-refractivity contribution in [3.05, 3.63) is 78.1 Å². The molecule has 0 atom stereocenters. The summed E-state index contributed by atoms with van der Waals surface area (Å²) in [4.78, 5) is 18.8. The highest BCUT2D eigenvalue weighted by Crippen LogP contribution is 2.31. The highest BCUT2D eigenvalue weighted by atomic mass is 32.1. The van der Waals surface area contributed by atoms with Crippen molar-refractivity contribution in [2.75, 3.05) is 11.4 Å². The minimum atomic E-state index is -0.434. The van der Waals surface area contributed by atoms with Crippen LogP contribution in [0, 0.1) is 11.6 Å². The largest absolute Gasteiger partial charge is 0.282 e. The number of carbonyl (C=O) groups excluding carboxylic acids is 1. The number of para-hydroxylation sites is 1. The summed E-state index contributed by atoms with van der Waals surface area (Å²) in [7, 11) is 0. The minimum absolute atomic E-state index is 0.230. The molecule has 0 N–H and O–H groups in total. The van der Waals surface area contributed by atoms with Gasteiger partial charge in [0.05, 0.1) is 11.2 Å². The molecular weight excluding hydrogens is 370 g/mol. The van der Waals surface area contributed by atoms with Crippen molar-refractivity contribution in [1.82, 2.24) is 14.8 Å². The number of rotatable bonds is 5. The lowest BCUT2D eigenvalue weighted by Crippen LogP contribution is -2.34. The Balaban J connectivity index is 1.70. The molecule has 8 heteroatoms. The third kappa shape index (κ3) is 3.56. The Bertz CT molecular complexity index is 1080. The van der Waals surface area contributed by atoms with Crippen LogP contribution in [0.15, 0.2) is 60.9 Å². The Morgan fingerprint density at radius 2 is 1.93 bits per heavy atom. The number of anilines is 1. The fourth-order valence-electron chi connectivity index (χ4n) is 2.69. The van der Waals surface area contributed by atoms with Gasteiger partial charge in [0.25, 0.3) is 5.91 Å². The summed E-state index contributed by atoms with van der Waals surface area (Å²) in [6, 6.07) is 11.8. The predicted molar refractivity (Wildman–Crippen MR) is 99.9 cm³/mol. The van der Waals surface area contributed by atoms with Crippen molar-refractivity contribution < 1.29 is 13.6 Å². The molecule has 4 aromatic rings. The number of halogens is 2. The number of fused-ring (bicyclic) bond motifs is 1. The van der Waals surface area contributed by atoms with Gasteiger partial charge in [-0.15, -0.1) is 0 Å². The minimum Gasteiger partial charge on any atom is -0.282 e. The molecule has 0 aliphatic heterocycles. The zero-order chi connectivity index (χ0) is 18.8. The maximum absolute atomic E-state index is 14.0. The summed E-state index contributed by atoms with van der Waals surface area (Å²) in [6.45, 7) is 0.734. The van der Waals surface area contributed by atoms with Crippen LogP contribution in [-0.4, -0.2) is 27.2 Å². The fraction of sp³-hybridized carbons (Fsp3) is 0.105. The summed E-state index contributed by atoms with van der Waals surface area (Å²) in [5, 5.41) is 4.52. The third-order valence-electron chi connectivity index (χ3n) is 4.04. The second-order valence-electron chi connectivity index (χ2n) is 5.82. The van der Waals surface area contributed by atoms with E-state index in [0.29, 0.717) is 28.5 Å². The van der Waals surface area contributed by atoms with Gasteiger partial charge in [0, 0.05) is 24.5 Å². The molecule has 1 amide bonds. The number of benzene rings is 2. The third-order valence-corrected chi connectivity index (χ3v) is 5.08. The molecule has 4 rings (SSSR count). The van der Waals surface area contributed by atoms with Crippen molar-refractivity contribution in [3.8, 4) is 0 Å². The van der Waals surface area contributed by atoms with Crippen LogP contribution in [-0.2, 0) is 6.54 Å². The van der Waals surface area contributed by atoms with Crippen molar-refractivity contribution in [3.63, 3.8) is 0 Å². The molecule has 0 aliphatic carbocycles. The van der Waals surface area contributed by atoms with Gasteiger partial charge in [0.2, 0.25) is 0 Å². The van der Waals surface area contributed by atoms with E-state index in [-0.39, 0.29) is 11.4 Å². The van der Waals surface area contributed by atoms with Gasteiger partial charge in [0.15, 0.2) is 5.13 Å². The van der Waals surface area contributed by atoms with E-state index >= 15 is 0 Å². The Labute approximate surface area is 157 Å². The number of amides is 1. The smallest absolute Gasteiger partial charge is 0.260 e. The lowest BCUT2D eigenvalue weighted by Gasteiger charge is -2.20. The Hall–Kier alpha value is -3.13. The molecule has 0 radical (unpaired) electrons. The van der Waals surface area contributed by atoms with Crippen LogP contribution in [0.25, 0.3) is 10.2 Å². The normalized spacial score (nSPS) is 11.0. The molecule has 2 heterocycles. The van der Waals surface area contributed by atoms with Crippen LogP contribution in [0.2, 0.25) is 0 Å². The van der Waals surface area contributed by atoms with E-state index < -0.39 is 11.6 Å². The van der Waals surface area contributed by atoms with Gasteiger partial charge in [-0.3, -0.25) is 14.4 Å². The van der Waals surface area contributed by atoms with Crippen molar-refractivity contribution in [1.29, 1.82) is 0 Å². The number of aromatic nitrogens is 3. The molecule has 0 bridgehead atoms. The number of thiazole rings is 1. The molecular formula is C19H14F2N4OS. The Morgan fingerprint density at radius 3 is 2.63 bits per heavy atom. The summed E-state index contributed by atoms with van der Waals surface area (Å²) in [6.07, 6.45) is 3.44. The molecule has 0 aliphatic rings. The lowest BCUT2D eigenvalue weighted by atomic mass is 10.2. The number of hydrogen-bond acceptors (Lipinski definition) is 4. The number of hydrogen-bond donors (Lipinski definition) is 0. The maximum atomic E-state index is 14.0. The van der Waals surface area contributed by atoms with Crippen molar-refractivity contribution in [2.45, 2.75) is 6.54 Å². The van der Waals surface area contributed by atoms with Crippen LogP contribution in [0.3, 0.4) is 0 Å². The van der Waals surface area contributed by atoms with Gasteiger partial charge in [-0.2, -0.15) is 5.10 Å². The molecule has 2 aromatic carbocycles. The van der Waals surface area contributed by atoms with Crippen LogP contribution < -0.4 is 4.90 Å². The molecule has 136 valence electrons. The molecule has 0 fully saturated rings. The molecule has 5 nitrogen and oxygen atoms in total. The SMILES string of the molecule is O=C(c1ccc(F)cc1)N(CCn1cccn1)c1nc2c(F)cccc2s1. The monoisotopic (exact) mass is 384 g/mol. The standard InChI is InChI=1S/C19H14F2N4OS/c20-14-7-5-13(6-8-14)18(26)25(12-11-24-10-2-9-22-24)19-23-17-15(21)3-1-4-16(17)27-19/h1-10H,11-12H2. The maximum Gasteiger partial charge on any atom is 0.260 e. The molecule has 0 spiro atoms. The van der Waals surface area contributed by atoms with Crippen LogP contribution in [0.1, 0.15) is 10.4 Å². The molecule has 27 heavy (non-hydrogen) atoms. The van der Waals surface area contributed by atoms with E-state index in [9.17, 15) is 13.6 Å². The summed E-state index contributed by atoms with van der Waals surface area (Å²) in [5.41, 5.74) is 0.560. The average Bonchev–Trinajstić information content (AvgIpc) is 3.33. The first-order chi connectivity index (χ1) is 13.1. The van der Waals surface area contributed by atoms with E-state index in [4.69, 9.17) is 0 Å². The van der Waals surface area contributed by atoms with Gasteiger partial charge in [-0.05, 0) is 42.5 Å². The average molecular weight is 384 g/mol. The second-order valence-corrected chi connectivity index (χ2v) is 6.82. The Kier molecular flexibility index (Phi) is 4.64. The van der Waals surface area contributed by atoms with E-state index in [2.05, 4.69) is 10.1 Å². The molecule has 0 saturated carbocycles.